The molecule has 2 rings (SSSR count). The molecule has 1 fully saturated rings. The molecular weight excluding hydrogens is 288 g/mol. The predicted molar refractivity (Wildman–Crippen MR) is 86.9 cm³/mol. The number of carbonyl (C=O) groups is 1. The monoisotopic (exact) mass is 310 g/mol. The maximum atomic E-state index is 11.9. The number of carbonyl (C=O) groups excluding carboxylic acids is 1. The SMILES string of the molecule is CN(CCN1CCNCC1)CC(=O)Nc1ccc(Cl)cc1. The molecule has 0 saturated carbocycles. The van der Waals surface area contributed by atoms with Crippen molar-refractivity contribution in [2.24, 2.45) is 0 Å². The van der Waals surface area contributed by atoms with Crippen LogP contribution in [-0.4, -0.2) is 68.6 Å². The van der Waals surface area contributed by atoms with Crippen LogP contribution in [0.4, 0.5) is 5.69 Å². The van der Waals surface area contributed by atoms with E-state index >= 15 is 0 Å². The van der Waals surface area contributed by atoms with Crippen molar-refractivity contribution < 1.29 is 4.79 Å². The van der Waals surface area contributed by atoms with Gasteiger partial charge in [-0.3, -0.25) is 14.6 Å². The van der Waals surface area contributed by atoms with Gasteiger partial charge in [0.2, 0.25) is 5.91 Å². The topological polar surface area (TPSA) is 47.6 Å². The zero-order valence-electron chi connectivity index (χ0n) is 12.4. The lowest BCUT2D eigenvalue weighted by molar-refractivity contribution is -0.117. The van der Waals surface area contributed by atoms with Crippen molar-refractivity contribution in [1.29, 1.82) is 0 Å². The molecule has 1 aromatic carbocycles. The Morgan fingerprint density at radius 3 is 2.67 bits per heavy atom. The molecule has 1 aromatic rings. The van der Waals surface area contributed by atoms with Crippen LogP contribution in [0.25, 0.3) is 0 Å². The van der Waals surface area contributed by atoms with Gasteiger partial charge in [0.1, 0.15) is 0 Å². The van der Waals surface area contributed by atoms with Gasteiger partial charge in [0.25, 0.3) is 0 Å². The third-order valence-corrected chi connectivity index (χ3v) is 3.80. The Morgan fingerprint density at radius 2 is 2.00 bits per heavy atom. The number of rotatable bonds is 6. The van der Waals surface area contributed by atoms with Gasteiger partial charge in [-0.05, 0) is 31.3 Å². The van der Waals surface area contributed by atoms with Crippen molar-refractivity contribution in [2.75, 3.05) is 58.2 Å². The Kier molecular flexibility index (Phi) is 6.45. The van der Waals surface area contributed by atoms with Gasteiger partial charge in [-0.2, -0.15) is 0 Å². The van der Waals surface area contributed by atoms with Crippen LogP contribution in [-0.2, 0) is 4.79 Å². The molecule has 0 aliphatic carbocycles. The van der Waals surface area contributed by atoms with E-state index in [2.05, 4.69) is 15.5 Å². The number of nitrogens with zero attached hydrogens (tertiary/aromatic N) is 2. The second kappa shape index (κ2) is 8.34. The fraction of sp³-hybridized carbons (Fsp3) is 0.533. The van der Waals surface area contributed by atoms with Crippen molar-refractivity contribution in [3.05, 3.63) is 29.3 Å². The van der Waals surface area contributed by atoms with Crippen LogP contribution in [0.3, 0.4) is 0 Å². The number of hydrogen-bond acceptors (Lipinski definition) is 4. The first-order valence-corrected chi connectivity index (χ1v) is 7.68. The fourth-order valence-corrected chi connectivity index (χ4v) is 2.43. The van der Waals surface area contributed by atoms with E-state index in [1.807, 2.05) is 11.9 Å². The van der Waals surface area contributed by atoms with Crippen LogP contribution in [0.15, 0.2) is 24.3 Å². The van der Waals surface area contributed by atoms with Gasteiger partial charge in [-0.25, -0.2) is 0 Å². The lowest BCUT2D eigenvalue weighted by atomic mass is 10.3. The molecular formula is C15H23ClN4O. The number of hydrogen-bond donors (Lipinski definition) is 2. The van der Waals surface area contributed by atoms with Crippen LogP contribution in [0.1, 0.15) is 0 Å². The number of piperazine rings is 1. The summed E-state index contributed by atoms with van der Waals surface area (Å²) < 4.78 is 0. The van der Waals surface area contributed by atoms with Gasteiger partial charge in [-0.15, -0.1) is 0 Å². The summed E-state index contributed by atoms with van der Waals surface area (Å²) in [6.07, 6.45) is 0. The highest BCUT2D eigenvalue weighted by Gasteiger charge is 2.11. The summed E-state index contributed by atoms with van der Waals surface area (Å²) in [4.78, 5) is 16.4. The molecule has 6 heteroatoms. The average Bonchev–Trinajstić information content (AvgIpc) is 2.48. The number of halogens is 1. The summed E-state index contributed by atoms with van der Waals surface area (Å²) in [7, 11) is 1.98. The van der Waals surface area contributed by atoms with Crippen LogP contribution in [0.5, 0.6) is 0 Å². The largest absolute Gasteiger partial charge is 0.325 e. The molecule has 5 nitrogen and oxygen atoms in total. The third-order valence-electron chi connectivity index (χ3n) is 3.55. The molecule has 116 valence electrons. The summed E-state index contributed by atoms with van der Waals surface area (Å²) in [5, 5.41) is 6.88. The molecule has 0 aromatic heterocycles. The first kappa shape index (κ1) is 16.2. The maximum Gasteiger partial charge on any atom is 0.238 e. The molecule has 1 saturated heterocycles. The zero-order valence-corrected chi connectivity index (χ0v) is 13.2. The highest BCUT2D eigenvalue weighted by Crippen LogP contribution is 2.13. The third kappa shape index (κ3) is 6.01. The Morgan fingerprint density at radius 1 is 1.33 bits per heavy atom. The smallest absolute Gasteiger partial charge is 0.238 e. The molecule has 0 unspecified atom stereocenters. The minimum Gasteiger partial charge on any atom is -0.325 e. The fourth-order valence-electron chi connectivity index (χ4n) is 2.30. The standard InChI is InChI=1S/C15H23ClN4O/c1-19(10-11-20-8-6-17-7-9-20)12-15(21)18-14-4-2-13(16)3-5-14/h2-5,17H,6-12H2,1H3,(H,18,21). The van der Waals surface area contributed by atoms with Gasteiger partial charge >= 0.3 is 0 Å². The summed E-state index contributed by atoms with van der Waals surface area (Å²) in [5.74, 6) is 0.000123. The van der Waals surface area contributed by atoms with Crippen LogP contribution >= 0.6 is 11.6 Å². The van der Waals surface area contributed by atoms with E-state index in [1.165, 1.54) is 0 Å². The minimum absolute atomic E-state index is 0.000123. The van der Waals surface area contributed by atoms with Crippen LogP contribution < -0.4 is 10.6 Å². The van der Waals surface area contributed by atoms with Gasteiger partial charge in [0, 0.05) is 50.0 Å². The summed E-state index contributed by atoms with van der Waals surface area (Å²) >= 11 is 5.82. The van der Waals surface area contributed by atoms with Gasteiger partial charge in [0.15, 0.2) is 0 Å². The van der Waals surface area contributed by atoms with Gasteiger partial charge < -0.3 is 10.6 Å². The number of anilines is 1. The Hall–Kier alpha value is -1.14. The van der Waals surface area contributed by atoms with E-state index in [9.17, 15) is 4.79 Å². The molecule has 0 bridgehead atoms. The van der Waals surface area contributed by atoms with Crippen molar-refractivity contribution in [2.45, 2.75) is 0 Å². The second-order valence-electron chi connectivity index (χ2n) is 5.38. The quantitative estimate of drug-likeness (QED) is 0.826. The highest BCUT2D eigenvalue weighted by atomic mass is 35.5. The van der Waals surface area contributed by atoms with Crippen LogP contribution in [0, 0.1) is 0 Å². The molecule has 21 heavy (non-hydrogen) atoms. The van der Waals surface area contributed by atoms with Crippen molar-refractivity contribution in [3.8, 4) is 0 Å². The number of amides is 1. The van der Waals surface area contributed by atoms with Gasteiger partial charge in [0.05, 0.1) is 6.54 Å². The molecule has 0 atom stereocenters. The minimum atomic E-state index is 0.000123. The van der Waals surface area contributed by atoms with Crippen molar-refractivity contribution in [3.63, 3.8) is 0 Å². The summed E-state index contributed by atoms with van der Waals surface area (Å²) in [5.41, 5.74) is 0.778. The lowest BCUT2D eigenvalue weighted by Gasteiger charge is -2.28. The Balaban J connectivity index is 1.67. The molecule has 2 N–H and O–H groups in total. The Bertz CT molecular complexity index is 445. The van der Waals surface area contributed by atoms with E-state index < -0.39 is 0 Å². The molecule has 1 amide bonds. The summed E-state index contributed by atoms with van der Waals surface area (Å²) in [6, 6.07) is 7.15. The highest BCUT2D eigenvalue weighted by molar-refractivity contribution is 6.30. The Labute approximate surface area is 131 Å². The number of likely N-dealkylation sites (N-methyl/N-ethyl adjacent to an activating group) is 1. The summed E-state index contributed by atoms with van der Waals surface area (Å²) in [6.45, 7) is 6.59. The molecule has 0 radical (unpaired) electrons. The second-order valence-corrected chi connectivity index (χ2v) is 5.82. The van der Waals surface area contributed by atoms with E-state index in [4.69, 9.17) is 11.6 Å². The maximum absolute atomic E-state index is 11.9. The van der Waals surface area contributed by atoms with E-state index in [1.54, 1.807) is 24.3 Å². The number of benzene rings is 1. The first-order chi connectivity index (χ1) is 10.1. The van der Waals surface area contributed by atoms with Crippen LogP contribution in [0.2, 0.25) is 5.02 Å². The lowest BCUT2D eigenvalue weighted by Crippen LogP contribution is -2.46. The van der Waals surface area contributed by atoms with E-state index in [0.29, 0.717) is 11.6 Å². The zero-order chi connectivity index (χ0) is 15.1. The molecule has 1 aliphatic heterocycles. The molecule has 0 spiro atoms. The first-order valence-electron chi connectivity index (χ1n) is 7.30. The van der Waals surface area contributed by atoms with Crippen molar-refractivity contribution >= 4 is 23.2 Å². The van der Waals surface area contributed by atoms with Crippen molar-refractivity contribution in [1.82, 2.24) is 15.1 Å². The predicted octanol–water partition coefficient (Wildman–Crippen LogP) is 1.12. The number of nitrogens with one attached hydrogen (secondary N) is 2. The van der Waals surface area contributed by atoms with E-state index in [-0.39, 0.29) is 5.91 Å². The normalized spacial score (nSPS) is 16.1. The molecule has 1 aliphatic rings. The van der Waals surface area contributed by atoms with Gasteiger partial charge in [-0.1, -0.05) is 11.6 Å². The molecule has 1 heterocycles. The average molecular weight is 311 g/mol. The van der Waals surface area contributed by atoms with E-state index in [0.717, 1.165) is 45.0 Å².